The number of hydrogen-bond donors (Lipinski definition) is 2. The van der Waals surface area contributed by atoms with E-state index in [1.54, 1.807) is 12.0 Å². The summed E-state index contributed by atoms with van der Waals surface area (Å²) < 4.78 is 10.4. The van der Waals surface area contributed by atoms with Crippen LogP contribution >= 0.6 is 0 Å². The van der Waals surface area contributed by atoms with E-state index in [2.05, 4.69) is 10.6 Å². The quantitative estimate of drug-likeness (QED) is 0.817. The summed E-state index contributed by atoms with van der Waals surface area (Å²) in [6.07, 6.45) is 0. The summed E-state index contributed by atoms with van der Waals surface area (Å²) in [5, 5.41) is 5.93. The largest absolute Gasteiger partial charge is 0.495 e. The Morgan fingerprint density at radius 3 is 2.70 bits per heavy atom. The Bertz CT molecular complexity index is 820. The van der Waals surface area contributed by atoms with Crippen LogP contribution in [0.4, 0.5) is 17.1 Å². The molecular weight excluding hydrogens is 346 g/mol. The van der Waals surface area contributed by atoms with Crippen LogP contribution in [0.1, 0.15) is 5.56 Å². The van der Waals surface area contributed by atoms with E-state index < -0.39 is 0 Å². The Hall–Kier alpha value is -3.06. The first-order valence-electron chi connectivity index (χ1n) is 8.73. The Balaban J connectivity index is 1.56. The number of methoxy groups -OCH3 is 1. The third-order valence-electron chi connectivity index (χ3n) is 4.25. The Kier molecular flexibility index (Phi) is 5.93. The molecule has 2 aromatic rings. The first-order valence-corrected chi connectivity index (χ1v) is 8.73. The second kappa shape index (κ2) is 8.55. The van der Waals surface area contributed by atoms with Crippen molar-refractivity contribution >= 4 is 28.9 Å². The van der Waals surface area contributed by atoms with E-state index in [0.29, 0.717) is 24.6 Å². The summed E-state index contributed by atoms with van der Waals surface area (Å²) in [5.41, 5.74) is 3.30. The molecular formula is C20H23N3O4. The van der Waals surface area contributed by atoms with Gasteiger partial charge in [-0.1, -0.05) is 6.07 Å². The second-order valence-corrected chi connectivity index (χ2v) is 6.25. The van der Waals surface area contributed by atoms with Crippen molar-refractivity contribution in [3.8, 4) is 5.75 Å². The summed E-state index contributed by atoms with van der Waals surface area (Å²) in [6.45, 7) is 3.27. The molecule has 1 aliphatic rings. The van der Waals surface area contributed by atoms with Crippen LogP contribution in [0, 0.1) is 6.92 Å². The van der Waals surface area contributed by atoms with Gasteiger partial charge < -0.3 is 25.0 Å². The highest BCUT2D eigenvalue weighted by Crippen LogP contribution is 2.25. The van der Waals surface area contributed by atoms with Crippen LogP contribution in [0.5, 0.6) is 5.75 Å². The van der Waals surface area contributed by atoms with Gasteiger partial charge >= 0.3 is 0 Å². The van der Waals surface area contributed by atoms with Crippen molar-refractivity contribution in [2.24, 2.45) is 0 Å². The van der Waals surface area contributed by atoms with Crippen molar-refractivity contribution in [3.63, 3.8) is 0 Å². The fourth-order valence-corrected chi connectivity index (χ4v) is 2.85. The van der Waals surface area contributed by atoms with Crippen LogP contribution < -0.4 is 20.3 Å². The molecule has 0 unspecified atom stereocenters. The van der Waals surface area contributed by atoms with E-state index in [9.17, 15) is 9.59 Å². The molecule has 7 heteroatoms. The zero-order valence-electron chi connectivity index (χ0n) is 15.5. The van der Waals surface area contributed by atoms with Crippen LogP contribution in [0.15, 0.2) is 42.5 Å². The lowest BCUT2D eigenvalue weighted by Gasteiger charge is -2.26. The third kappa shape index (κ3) is 4.77. The highest BCUT2D eigenvalue weighted by atomic mass is 16.5. The average Bonchev–Trinajstić information content (AvgIpc) is 2.67. The van der Waals surface area contributed by atoms with Crippen LogP contribution in [-0.2, 0) is 14.3 Å². The van der Waals surface area contributed by atoms with E-state index in [0.717, 1.165) is 16.9 Å². The number of benzene rings is 2. The summed E-state index contributed by atoms with van der Waals surface area (Å²) in [4.78, 5) is 25.8. The Morgan fingerprint density at radius 2 is 2.00 bits per heavy atom. The van der Waals surface area contributed by atoms with Gasteiger partial charge in [0.1, 0.15) is 12.4 Å². The van der Waals surface area contributed by atoms with Gasteiger partial charge in [0.05, 0.1) is 25.9 Å². The van der Waals surface area contributed by atoms with Gasteiger partial charge in [-0.05, 0) is 48.9 Å². The third-order valence-corrected chi connectivity index (χ3v) is 4.25. The smallest absolute Gasteiger partial charge is 0.253 e. The van der Waals surface area contributed by atoms with Crippen molar-refractivity contribution in [2.75, 3.05) is 48.9 Å². The van der Waals surface area contributed by atoms with Gasteiger partial charge in [-0.25, -0.2) is 0 Å². The van der Waals surface area contributed by atoms with Gasteiger partial charge in [-0.15, -0.1) is 0 Å². The number of rotatable bonds is 6. The molecule has 0 aliphatic carbocycles. The second-order valence-electron chi connectivity index (χ2n) is 6.25. The molecule has 0 radical (unpaired) electrons. The van der Waals surface area contributed by atoms with Crippen LogP contribution in [0.3, 0.4) is 0 Å². The SMILES string of the molecule is COc1ccc(C)cc1NC(=O)CNc1ccc(N2CCOCC2=O)cc1. The molecule has 0 saturated carbocycles. The summed E-state index contributed by atoms with van der Waals surface area (Å²) in [5.74, 6) is 0.397. The van der Waals surface area contributed by atoms with Gasteiger partial charge in [0.15, 0.2) is 0 Å². The van der Waals surface area contributed by atoms with E-state index in [4.69, 9.17) is 9.47 Å². The molecule has 7 nitrogen and oxygen atoms in total. The van der Waals surface area contributed by atoms with E-state index >= 15 is 0 Å². The molecule has 0 bridgehead atoms. The van der Waals surface area contributed by atoms with Crippen molar-refractivity contribution < 1.29 is 19.1 Å². The van der Waals surface area contributed by atoms with Crippen molar-refractivity contribution in [1.29, 1.82) is 0 Å². The standard InChI is InChI=1S/C20H23N3O4/c1-14-3-8-18(26-2)17(11-14)22-19(24)12-21-15-4-6-16(7-5-15)23-9-10-27-13-20(23)25/h3-8,11,21H,9-10,12-13H2,1-2H3,(H,22,24). The molecule has 1 fully saturated rings. The van der Waals surface area contributed by atoms with Crippen molar-refractivity contribution in [2.45, 2.75) is 6.92 Å². The molecule has 0 aromatic heterocycles. The van der Waals surface area contributed by atoms with Gasteiger partial charge in [0.25, 0.3) is 5.91 Å². The van der Waals surface area contributed by atoms with Gasteiger partial charge in [0.2, 0.25) is 5.91 Å². The highest BCUT2D eigenvalue weighted by molar-refractivity contribution is 5.96. The lowest BCUT2D eigenvalue weighted by Crippen LogP contribution is -2.41. The number of aryl methyl sites for hydroxylation is 1. The number of carbonyl (C=O) groups excluding carboxylic acids is 2. The number of nitrogens with one attached hydrogen (secondary N) is 2. The predicted octanol–water partition coefficient (Wildman–Crippen LogP) is 2.42. The molecule has 2 amide bonds. The number of nitrogens with zero attached hydrogens (tertiary/aromatic N) is 1. The predicted molar refractivity (Wildman–Crippen MR) is 104 cm³/mol. The van der Waals surface area contributed by atoms with Gasteiger partial charge in [-0.2, -0.15) is 0 Å². The normalized spacial score (nSPS) is 14.0. The van der Waals surface area contributed by atoms with Crippen LogP contribution in [-0.4, -0.2) is 45.2 Å². The molecule has 1 aliphatic heterocycles. The molecule has 3 rings (SSSR count). The first-order chi connectivity index (χ1) is 13.1. The number of hydrogen-bond acceptors (Lipinski definition) is 5. The summed E-state index contributed by atoms with van der Waals surface area (Å²) in [7, 11) is 1.57. The van der Waals surface area contributed by atoms with Gasteiger partial charge in [-0.3, -0.25) is 9.59 Å². The first kappa shape index (κ1) is 18.7. The molecule has 2 N–H and O–H groups in total. The fraction of sp³-hybridized carbons (Fsp3) is 0.300. The number of anilines is 3. The minimum atomic E-state index is -0.175. The number of morpholine rings is 1. The van der Waals surface area contributed by atoms with E-state index in [1.165, 1.54) is 0 Å². The van der Waals surface area contributed by atoms with Crippen molar-refractivity contribution in [1.82, 2.24) is 0 Å². The van der Waals surface area contributed by atoms with E-state index in [1.807, 2.05) is 49.4 Å². The fourth-order valence-electron chi connectivity index (χ4n) is 2.85. The lowest BCUT2D eigenvalue weighted by molar-refractivity contribution is -0.125. The lowest BCUT2D eigenvalue weighted by atomic mass is 10.2. The number of carbonyl (C=O) groups is 2. The molecule has 1 saturated heterocycles. The topological polar surface area (TPSA) is 79.9 Å². The summed E-state index contributed by atoms with van der Waals surface area (Å²) >= 11 is 0. The molecule has 0 atom stereocenters. The maximum absolute atomic E-state index is 12.2. The maximum Gasteiger partial charge on any atom is 0.253 e. The monoisotopic (exact) mass is 369 g/mol. The Morgan fingerprint density at radius 1 is 1.22 bits per heavy atom. The Labute approximate surface area is 158 Å². The maximum atomic E-state index is 12.2. The zero-order chi connectivity index (χ0) is 19.2. The van der Waals surface area contributed by atoms with Gasteiger partial charge in [0, 0.05) is 17.9 Å². The molecule has 2 aromatic carbocycles. The average molecular weight is 369 g/mol. The number of amides is 2. The molecule has 0 spiro atoms. The minimum absolute atomic E-state index is 0.0477. The highest BCUT2D eigenvalue weighted by Gasteiger charge is 2.19. The number of ether oxygens (including phenoxy) is 2. The summed E-state index contributed by atoms with van der Waals surface area (Å²) in [6, 6.07) is 13.0. The molecule has 27 heavy (non-hydrogen) atoms. The van der Waals surface area contributed by atoms with E-state index in [-0.39, 0.29) is 25.0 Å². The molecule has 142 valence electrons. The zero-order valence-corrected chi connectivity index (χ0v) is 15.5. The minimum Gasteiger partial charge on any atom is -0.495 e. The van der Waals surface area contributed by atoms with Crippen molar-refractivity contribution in [3.05, 3.63) is 48.0 Å². The van der Waals surface area contributed by atoms with Crippen LogP contribution in [0.2, 0.25) is 0 Å². The van der Waals surface area contributed by atoms with Crippen LogP contribution in [0.25, 0.3) is 0 Å². The molecule has 1 heterocycles.